The fourth-order valence-corrected chi connectivity index (χ4v) is 7.20. The Morgan fingerprint density at radius 3 is 1.77 bits per heavy atom. The molecular weight excluding hydrogens is 395 g/mol. The highest BCUT2D eigenvalue weighted by molar-refractivity contribution is 7.73. The highest BCUT2D eigenvalue weighted by Gasteiger charge is 2.56. The van der Waals surface area contributed by atoms with E-state index in [0.717, 1.165) is 6.16 Å². The predicted octanol–water partition coefficient (Wildman–Crippen LogP) is 4.28. The number of esters is 2. The van der Waals surface area contributed by atoms with Gasteiger partial charge in [0.25, 0.3) is 0 Å². The second kappa shape index (κ2) is 10.2. The molecule has 1 aliphatic rings. The summed E-state index contributed by atoms with van der Waals surface area (Å²) in [5.74, 6) is -0.385. The molecule has 5 heteroatoms. The SMILES string of the molecule is CCOC(=O)C1(C(=O)OCC)C[C@H](CP(c2ccccc2)c2ccccc2)[C@@H](C)C1. The molecule has 3 rings (SSSR count). The molecule has 1 saturated carbocycles. The van der Waals surface area contributed by atoms with Crippen LogP contribution in [0, 0.1) is 17.3 Å². The summed E-state index contributed by atoms with van der Waals surface area (Å²) in [4.78, 5) is 25.8. The van der Waals surface area contributed by atoms with Crippen molar-refractivity contribution < 1.29 is 19.1 Å². The lowest BCUT2D eigenvalue weighted by Crippen LogP contribution is -2.40. The second-order valence-corrected chi connectivity index (χ2v) is 10.2. The van der Waals surface area contributed by atoms with Crippen molar-refractivity contribution in [1.29, 1.82) is 0 Å². The predicted molar refractivity (Wildman–Crippen MR) is 122 cm³/mol. The third-order valence-corrected chi connectivity index (χ3v) is 8.65. The van der Waals surface area contributed by atoms with Crippen LogP contribution in [0.4, 0.5) is 0 Å². The van der Waals surface area contributed by atoms with Crippen molar-refractivity contribution in [2.24, 2.45) is 17.3 Å². The van der Waals surface area contributed by atoms with E-state index in [4.69, 9.17) is 9.47 Å². The smallest absolute Gasteiger partial charge is 0.323 e. The van der Waals surface area contributed by atoms with Crippen molar-refractivity contribution in [2.45, 2.75) is 33.6 Å². The highest BCUT2D eigenvalue weighted by atomic mass is 31.1. The molecule has 1 aliphatic carbocycles. The van der Waals surface area contributed by atoms with Crippen molar-refractivity contribution in [3.05, 3.63) is 60.7 Å². The average molecular weight is 426 g/mol. The van der Waals surface area contributed by atoms with Gasteiger partial charge in [-0.2, -0.15) is 0 Å². The van der Waals surface area contributed by atoms with Gasteiger partial charge in [-0.15, -0.1) is 0 Å². The summed E-state index contributed by atoms with van der Waals surface area (Å²) in [6.07, 6.45) is 1.91. The van der Waals surface area contributed by atoms with Gasteiger partial charge in [0.1, 0.15) is 0 Å². The molecule has 160 valence electrons. The van der Waals surface area contributed by atoms with E-state index in [1.165, 1.54) is 10.6 Å². The first-order chi connectivity index (χ1) is 14.5. The number of carbonyl (C=O) groups excluding carboxylic acids is 2. The topological polar surface area (TPSA) is 52.6 Å². The van der Waals surface area contributed by atoms with Crippen LogP contribution < -0.4 is 10.6 Å². The van der Waals surface area contributed by atoms with Crippen LogP contribution >= 0.6 is 7.92 Å². The zero-order chi connectivity index (χ0) is 21.6. The highest BCUT2D eigenvalue weighted by Crippen LogP contribution is 2.51. The number of benzene rings is 2. The number of hydrogen-bond acceptors (Lipinski definition) is 4. The van der Waals surface area contributed by atoms with Crippen molar-refractivity contribution in [3.8, 4) is 0 Å². The second-order valence-electron chi connectivity index (χ2n) is 7.95. The molecule has 0 spiro atoms. The molecule has 0 N–H and O–H groups in total. The zero-order valence-electron chi connectivity index (χ0n) is 18.0. The molecule has 0 unspecified atom stereocenters. The van der Waals surface area contributed by atoms with Crippen molar-refractivity contribution in [1.82, 2.24) is 0 Å². The summed E-state index contributed by atoms with van der Waals surface area (Å²) in [5, 5.41) is 2.63. The largest absolute Gasteiger partial charge is 0.465 e. The van der Waals surface area contributed by atoms with E-state index in [1.54, 1.807) is 13.8 Å². The molecular formula is C25H31O4P. The average Bonchev–Trinajstić information content (AvgIpc) is 3.11. The Hall–Kier alpha value is -2.19. The maximum absolute atomic E-state index is 12.9. The van der Waals surface area contributed by atoms with Gasteiger partial charge in [-0.25, -0.2) is 0 Å². The lowest BCUT2D eigenvalue weighted by atomic mass is 9.85. The lowest BCUT2D eigenvalue weighted by Gasteiger charge is -2.26. The minimum Gasteiger partial charge on any atom is -0.465 e. The molecule has 0 saturated heterocycles. The molecule has 0 amide bonds. The van der Waals surface area contributed by atoms with E-state index in [2.05, 4.69) is 55.5 Å². The minimum absolute atomic E-state index is 0.233. The van der Waals surface area contributed by atoms with Crippen LogP contribution in [0.3, 0.4) is 0 Å². The van der Waals surface area contributed by atoms with Gasteiger partial charge in [0.05, 0.1) is 13.2 Å². The Kier molecular flexibility index (Phi) is 7.66. The molecule has 0 aromatic heterocycles. The number of carbonyl (C=O) groups is 2. The van der Waals surface area contributed by atoms with Crippen molar-refractivity contribution >= 4 is 30.5 Å². The molecule has 0 heterocycles. The van der Waals surface area contributed by atoms with E-state index < -0.39 is 25.3 Å². The molecule has 0 bridgehead atoms. The fraction of sp³-hybridized carbons (Fsp3) is 0.440. The van der Waals surface area contributed by atoms with Crippen LogP contribution in [0.1, 0.15) is 33.6 Å². The Balaban J connectivity index is 1.90. The first-order valence-corrected chi connectivity index (χ1v) is 12.3. The molecule has 2 atom stereocenters. The summed E-state index contributed by atoms with van der Waals surface area (Å²) in [5.41, 5.74) is -1.18. The van der Waals surface area contributed by atoms with Crippen LogP contribution in [0.25, 0.3) is 0 Å². The molecule has 2 aromatic carbocycles. The standard InChI is InChI=1S/C25H31O4P/c1-4-28-23(26)25(24(27)29-5-2)16-19(3)20(17-25)18-30(21-12-8-6-9-13-21)22-14-10-7-11-15-22/h6-15,19-20H,4-5,16-18H2,1-3H3/t19-,20+/m0/s1. The summed E-state index contributed by atoms with van der Waals surface area (Å²) in [6.45, 7) is 6.22. The molecule has 2 aromatic rings. The summed E-state index contributed by atoms with van der Waals surface area (Å²) in [7, 11) is -0.589. The van der Waals surface area contributed by atoms with Gasteiger partial charge in [0.2, 0.25) is 0 Å². The Bertz CT molecular complexity index is 779. The van der Waals surface area contributed by atoms with Crippen LogP contribution in [0.5, 0.6) is 0 Å². The Labute approximate surface area is 180 Å². The van der Waals surface area contributed by atoms with Gasteiger partial charge in [0.15, 0.2) is 5.41 Å². The van der Waals surface area contributed by atoms with Gasteiger partial charge in [-0.3, -0.25) is 9.59 Å². The number of hydrogen-bond donors (Lipinski definition) is 0. The fourth-order valence-electron chi connectivity index (χ4n) is 4.46. The zero-order valence-corrected chi connectivity index (χ0v) is 18.9. The van der Waals surface area contributed by atoms with Gasteiger partial charge in [-0.05, 0) is 63.2 Å². The first kappa shape index (κ1) is 22.5. The maximum Gasteiger partial charge on any atom is 0.323 e. The number of ether oxygens (including phenoxy) is 2. The molecule has 0 radical (unpaired) electrons. The first-order valence-electron chi connectivity index (χ1n) is 10.7. The van der Waals surface area contributed by atoms with E-state index >= 15 is 0 Å². The van der Waals surface area contributed by atoms with Crippen LogP contribution in [-0.4, -0.2) is 31.3 Å². The monoisotopic (exact) mass is 426 g/mol. The van der Waals surface area contributed by atoms with Gasteiger partial charge in [0, 0.05) is 0 Å². The summed E-state index contributed by atoms with van der Waals surface area (Å²) < 4.78 is 10.7. The van der Waals surface area contributed by atoms with Crippen LogP contribution in [0.15, 0.2) is 60.7 Å². The van der Waals surface area contributed by atoms with Crippen LogP contribution in [0.2, 0.25) is 0 Å². The quantitative estimate of drug-likeness (QED) is 0.359. The van der Waals surface area contributed by atoms with E-state index in [0.29, 0.717) is 12.8 Å². The third-order valence-electron chi connectivity index (χ3n) is 5.97. The van der Waals surface area contributed by atoms with Gasteiger partial charge >= 0.3 is 11.9 Å². The summed E-state index contributed by atoms with van der Waals surface area (Å²) >= 11 is 0. The lowest BCUT2D eigenvalue weighted by molar-refractivity contribution is -0.172. The molecule has 30 heavy (non-hydrogen) atoms. The summed E-state index contributed by atoms with van der Waals surface area (Å²) in [6, 6.07) is 21.1. The normalized spacial score (nSPS) is 20.1. The van der Waals surface area contributed by atoms with Crippen molar-refractivity contribution in [3.63, 3.8) is 0 Å². The van der Waals surface area contributed by atoms with Crippen molar-refractivity contribution in [2.75, 3.05) is 19.4 Å². The van der Waals surface area contributed by atoms with Crippen LogP contribution in [-0.2, 0) is 19.1 Å². The Morgan fingerprint density at radius 2 is 1.33 bits per heavy atom. The molecule has 1 fully saturated rings. The minimum atomic E-state index is -1.18. The van der Waals surface area contributed by atoms with E-state index in [-0.39, 0.29) is 25.0 Å². The van der Waals surface area contributed by atoms with Gasteiger partial charge < -0.3 is 9.47 Å². The van der Waals surface area contributed by atoms with E-state index in [1.807, 2.05) is 12.1 Å². The maximum atomic E-state index is 12.9. The Morgan fingerprint density at radius 1 is 0.867 bits per heavy atom. The van der Waals surface area contributed by atoms with E-state index in [9.17, 15) is 9.59 Å². The van der Waals surface area contributed by atoms with Gasteiger partial charge in [-0.1, -0.05) is 67.6 Å². The molecule has 4 nitrogen and oxygen atoms in total. The third kappa shape index (κ3) is 4.75. The molecule has 0 aliphatic heterocycles. The number of rotatable bonds is 8.